The molecule has 0 atom stereocenters. The standard InChI is InChI=1S/C16H22N4O3/c1-3-5-14-19-16(23-20-14)7-4-6-15(21)18-11-8-9-13(22-2)12(17)10-11/h8-10H,3-7,17H2,1-2H3,(H,18,21). The summed E-state index contributed by atoms with van der Waals surface area (Å²) >= 11 is 0. The van der Waals surface area contributed by atoms with E-state index in [1.807, 2.05) is 0 Å². The second-order valence-electron chi connectivity index (χ2n) is 5.21. The number of benzene rings is 1. The second-order valence-corrected chi connectivity index (χ2v) is 5.21. The molecule has 0 bridgehead atoms. The van der Waals surface area contributed by atoms with Crippen molar-refractivity contribution in [2.75, 3.05) is 18.2 Å². The molecule has 1 aromatic carbocycles. The van der Waals surface area contributed by atoms with Gasteiger partial charge in [0.15, 0.2) is 5.82 Å². The first-order valence-electron chi connectivity index (χ1n) is 7.67. The van der Waals surface area contributed by atoms with Crippen molar-refractivity contribution in [1.29, 1.82) is 0 Å². The molecule has 0 unspecified atom stereocenters. The Hall–Kier alpha value is -2.57. The molecule has 2 rings (SSSR count). The number of nitrogen functional groups attached to an aromatic ring is 1. The number of carbonyl (C=O) groups excluding carboxylic acids is 1. The highest BCUT2D eigenvalue weighted by molar-refractivity contribution is 5.91. The van der Waals surface area contributed by atoms with Gasteiger partial charge in [0.1, 0.15) is 5.75 Å². The van der Waals surface area contributed by atoms with Crippen LogP contribution >= 0.6 is 0 Å². The molecule has 7 nitrogen and oxygen atoms in total. The van der Waals surface area contributed by atoms with Gasteiger partial charge >= 0.3 is 0 Å². The predicted octanol–water partition coefficient (Wildman–Crippen LogP) is 2.57. The van der Waals surface area contributed by atoms with Gasteiger partial charge in [0.25, 0.3) is 0 Å². The first-order valence-corrected chi connectivity index (χ1v) is 7.67. The van der Waals surface area contributed by atoms with Crippen LogP contribution in [0.15, 0.2) is 22.7 Å². The highest BCUT2D eigenvalue weighted by atomic mass is 16.5. The Morgan fingerprint density at radius 2 is 2.22 bits per heavy atom. The van der Waals surface area contributed by atoms with Crippen LogP contribution in [0.25, 0.3) is 0 Å². The van der Waals surface area contributed by atoms with Gasteiger partial charge in [0.2, 0.25) is 11.8 Å². The van der Waals surface area contributed by atoms with Crippen LogP contribution < -0.4 is 15.8 Å². The van der Waals surface area contributed by atoms with E-state index in [1.165, 1.54) is 0 Å². The van der Waals surface area contributed by atoms with Crippen molar-refractivity contribution in [2.45, 2.75) is 39.0 Å². The molecule has 0 fully saturated rings. The van der Waals surface area contributed by atoms with Gasteiger partial charge in [-0.15, -0.1) is 0 Å². The number of rotatable bonds is 8. The molecular formula is C16H22N4O3. The zero-order valence-corrected chi connectivity index (χ0v) is 13.5. The number of carbonyl (C=O) groups is 1. The first kappa shape index (κ1) is 16.8. The van der Waals surface area contributed by atoms with Gasteiger partial charge in [-0.1, -0.05) is 12.1 Å². The average Bonchev–Trinajstić information content (AvgIpc) is 2.95. The van der Waals surface area contributed by atoms with Gasteiger partial charge < -0.3 is 20.3 Å². The van der Waals surface area contributed by atoms with Crippen LogP contribution in [0.1, 0.15) is 37.9 Å². The summed E-state index contributed by atoms with van der Waals surface area (Å²) in [6, 6.07) is 5.15. The minimum atomic E-state index is -0.0807. The van der Waals surface area contributed by atoms with Gasteiger partial charge in [-0.25, -0.2) is 0 Å². The summed E-state index contributed by atoms with van der Waals surface area (Å²) in [4.78, 5) is 16.2. The summed E-state index contributed by atoms with van der Waals surface area (Å²) in [5.74, 6) is 1.81. The maximum Gasteiger partial charge on any atom is 0.226 e. The third kappa shape index (κ3) is 4.98. The quantitative estimate of drug-likeness (QED) is 0.725. The number of nitrogens with one attached hydrogen (secondary N) is 1. The smallest absolute Gasteiger partial charge is 0.226 e. The largest absolute Gasteiger partial charge is 0.495 e. The summed E-state index contributed by atoms with van der Waals surface area (Å²) in [5, 5.41) is 6.69. The molecule has 0 spiro atoms. The van der Waals surface area contributed by atoms with Crippen LogP contribution in [0, 0.1) is 0 Å². The molecule has 0 saturated heterocycles. The number of nitrogens with zero attached hydrogens (tertiary/aromatic N) is 2. The summed E-state index contributed by atoms with van der Waals surface area (Å²) in [7, 11) is 1.55. The molecule has 0 radical (unpaired) electrons. The van der Waals surface area contributed by atoms with Gasteiger partial charge in [0.05, 0.1) is 12.8 Å². The zero-order chi connectivity index (χ0) is 16.7. The van der Waals surface area contributed by atoms with Gasteiger partial charge in [-0.05, 0) is 31.0 Å². The zero-order valence-electron chi connectivity index (χ0n) is 13.5. The molecule has 23 heavy (non-hydrogen) atoms. The molecule has 2 aromatic rings. The molecule has 1 amide bonds. The molecule has 124 valence electrons. The first-order chi connectivity index (χ1) is 11.1. The van der Waals surface area contributed by atoms with Crippen molar-refractivity contribution in [3.8, 4) is 5.75 Å². The fourth-order valence-electron chi connectivity index (χ4n) is 2.15. The average molecular weight is 318 g/mol. The fraction of sp³-hybridized carbons (Fsp3) is 0.438. The molecule has 0 saturated carbocycles. The highest BCUT2D eigenvalue weighted by Gasteiger charge is 2.08. The Balaban J connectivity index is 1.77. The Morgan fingerprint density at radius 1 is 1.39 bits per heavy atom. The van der Waals surface area contributed by atoms with Crippen molar-refractivity contribution >= 4 is 17.3 Å². The van der Waals surface area contributed by atoms with Gasteiger partial charge in [0, 0.05) is 24.9 Å². The topological polar surface area (TPSA) is 103 Å². The number of anilines is 2. The minimum Gasteiger partial charge on any atom is -0.495 e. The molecule has 1 heterocycles. The van der Waals surface area contributed by atoms with Crippen molar-refractivity contribution in [3.63, 3.8) is 0 Å². The lowest BCUT2D eigenvalue weighted by molar-refractivity contribution is -0.116. The SMILES string of the molecule is CCCc1noc(CCCC(=O)Nc2ccc(OC)c(N)c2)n1. The van der Waals surface area contributed by atoms with E-state index in [1.54, 1.807) is 25.3 Å². The molecule has 1 aromatic heterocycles. The Morgan fingerprint density at radius 3 is 2.91 bits per heavy atom. The summed E-state index contributed by atoms with van der Waals surface area (Å²) in [5.41, 5.74) is 6.94. The highest BCUT2D eigenvalue weighted by Crippen LogP contribution is 2.24. The molecule has 0 aliphatic rings. The van der Waals surface area contributed by atoms with E-state index in [4.69, 9.17) is 15.0 Å². The Kier molecular flexibility index (Phi) is 5.96. The van der Waals surface area contributed by atoms with Gasteiger partial charge in [-0.3, -0.25) is 4.79 Å². The second kappa shape index (κ2) is 8.17. The molecule has 3 N–H and O–H groups in total. The van der Waals surface area contributed by atoms with Crippen LogP contribution in [0.3, 0.4) is 0 Å². The monoisotopic (exact) mass is 318 g/mol. The number of ether oxygens (including phenoxy) is 1. The Labute approximate surface area is 135 Å². The normalized spacial score (nSPS) is 10.5. The lowest BCUT2D eigenvalue weighted by Gasteiger charge is -2.08. The van der Waals surface area contributed by atoms with Crippen LogP contribution in [0.5, 0.6) is 5.75 Å². The molecule has 0 aliphatic heterocycles. The summed E-state index contributed by atoms with van der Waals surface area (Å²) < 4.78 is 10.2. The van der Waals surface area contributed by atoms with E-state index in [2.05, 4.69) is 22.4 Å². The lowest BCUT2D eigenvalue weighted by Crippen LogP contribution is -2.11. The third-order valence-corrected chi connectivity index (χ3v) is 3.29. The number of nitrogens with two attached hydrogens (primary N) is 1. The number of aromatic nitrogens is 2. The van der Waals surface area contributed by atoms with Crippen LogP contribution in [-0.4, -0.2) is 23.2 Å². The van der Waals surface area contributed by atoms with E-state index in [0.29, 0.717) is 42.3 Å². The number of hydrogen-bond donors (Lipinski definition) is 2. The van der Waals surface area contributed by atoms with E-state index in [0.717, 1.165) is 18.7 Å². The molecular weight excluding hydrogens is 296 g/mol. The lowest BCUT2D eigenvalue weighted by atomic mass is 10.2. The maximum absolute atomic E-state index is 11.9. The van der Waals surface area contributed by atoms with E-state index >= 15 is 0 Å². The van der Waals surface area contributed by atoms with Gasteiger partial charge in [-0.2, -0.15) is 4.98 Å². The minimum absolute atomic E-state index is 0.0807. The number of hydrogen-bond acceptors (Lipinski definition) is 6. The van der Waals surface area contributed by atoms with Crippen LogP contribution in [0.2, 0.25) is 0 Å². The van der Waals surface area contributed by atoms with Crippen molar-refractivity contribution < 1.29 is 14.1 Å². The van der Waals surface area contributed by atoms with E-state index in [-0.39, 0.29) is 5.91 Å². The predicted molar refractivity (Wildman–Crippen MR) is 87.3 cm³/mol. The molecule has 7 heteroatoms. The number of methoxy groups -OCH3 is 1. The molecule has 0 aliphatic carbocycles. The summed E-state index contributed by atoms with van der Waals surface area (Å²) in [6.07, 6.45) is 3.40. The third-order valence-electron chi connectivity index (χ3n) is 3.29. The van der Waals surface area contributed by atoms with E-state index in [9.17, 15) is 4.79 Å². The Bertz CT molecular complexity index is 655. The van der Waals surface area contributed by atoms with E-state index < -0.39 is 0 Å². The fourth-order valence-corrected chi connectivity index (χ4v) is 2.15. The van der Waals surface area contributed by atoms with Crippen molar-refractivity contribution in [3.05, 3.63) is 29.9 Å². The van der Waals surface area contributed by atoms with Crippen LogP contribution in [-0.2, 0) is 17.6 Å². The van der Waals surface area contributed by atoms with Crippen molar-refractivity contribution in [1.82, 2.24) is 10.1 Å². The summed E-state index contributed by atoms with van der Waals surface area (Å²) in [6.45, 7) is 2.06. The van der Waals surface area contributed by atoms with Crippen LogP contribution in [0.4, 0.5) is 11.4 Å². The van der Waals surface area contributed by atoms with Crippen molar-refractivity contribution in [2.24, 2.45) is 0 Å². The number of aryl methyl sites for hydroxylation is 2. The maximum atomic E-state index is 11.9. The number of amides is 1.